The Labute approximate surface area is 120 Å². The summed E-state index contributed by atoms with van der Waals surface area (Å²) in [5, 5.41) is 17.8. The molecule has 0 heterocycles. The number of rotatable bonds is 8. The van der Waals surface area contributed by atoms with E-state index in [0.29, 0.717) is 17.7 Å². The smallest absolute Gasteiger partial charge is 0.218 e. The fourth-order valence-electron chi connectivity index (χ4n) is 1.87. The molecule has 6 heteroatoms. The first kappa shape index (κ1) is 16.6. The van der Waals surface area contributed by atoms with Crippen molar-refractivity contribution in [3.8, 4) is 6.07 Å². The van der Waals surface area contributed by atoms with E-state index in [4.69, 9.17) is 10.4 Å². The van der Waals surface area contributed by atoms with Crippen molar-refractivity contribution in [3.63, 3.8) is 0 Å². The van der Waals surface area contributed by atoms with Crippen LogP contribution in [0.5, 0.6) is 0 Å². The van der Waals surface area contributed by atoms with Gasteiger partial charge >= 0.3 is 0 Å². The number of hydrogen-bond donors (Lipinski definition) is 1. The van der Waals surface area contributed by atoms with E-state index in [1.165, 1.54) is 4.31 Å². The van der Waals surface area contributed by atoms with Crippen molar-refractivity contribution in [1.82, 2.24) is 4.31 Å². The average molecular weight is 296 g/mol. The van der Waals surface area contributed by atoms with Gasteiger partial charge in [-0.05, 0) is 24.1 Å². The molecule has 0 aliphatic carbocycles. The minimum absolute atomic E-state index is 0.111. The molecule has 0 saturated carbocycles. The lowest BCUT2D eigenvalue weighted by Crippen LogP contribution is -2.35. The molecule has 0 unspecified atom stereocenters. The Kier molecular flexibility index (Phi) is 6.65. The summed E-state index contributed by atoms with van der Waals surface area (Å²) in [5.41, 5.74) is 1.03. The number of aliphatic hydroxyl groups excluding tert-OH is 1. The Morgan fingerprint density at radius 1 is 1.35 bits per heavy atom. The number of nitrogens with zero attached hydrogens (tertiary/aromatic N) is 2. The van der Waals surface area contributed by atoms with Gasteiger partial charge in [0.25, 0.3) is 0 Å². The highest BCUT2D eigenvalue weighted by Crippen LogP contribution is 2.13. The Balaban J connectivity index is 2.87. The lowest BCUT2D eigenvalue weighted by atomic mass is 10.2. The van der Waals surface area contributed by atoms with Gasteiger partial charge < -0.3 is 5.11 Å². The number of benzene rings is 1. The van der Waals surface area contributed by atoms with Crippen LogP contribution < -0.4 is 0 Å². The van der Waals surface area contributed by atoms with Crippen molar-refractivity contribution >= 4 is 10.0 Å². The minimum atomic E-state index is -3.47. The molecule has 0 atom stereocenters. The van der Waals surface area contributed by atoms with E-state index < -0.39 is 10.0 Å². The Morgan fingerprint density at radius 3 is 2.70 bits per heavy atom. The van der Waals surface area contributed by atoms with E-state index in [-0.39, 0.29) is 18.9 Å². The van der Waals surface area contributed by atoms with Crippen molar-refractivity contribution in [2.75, 3.05) is 19.7 Å². The quantitative estimate of drug-likeness (QED) is 0.788. The van der Waals surface area contributed by atoms with Gasteiger partial charge in [-0.25, -0.2) is 8.42 Å². The fraction of sp³-hybridized carbons (Fsp3) is 0.500. The van der Waals surface area contributed by atoms with Crippen molar-refractivity contribution < 1.29 is 13.5 Å². The maximum atomic E-state index is 12.3. The molecule has 0 bridgehead atoms. The normalized spacial score (nSPS) is 11.5. The molecule has 0 aromatic heterocycles. The molecule has 110 valence electrons. The Morgan fingerprint density at radius 2 is 2.10 bits per heavy atom. The maximum Gasteiger partial charge on any atom is 0.218 e. The molecule has 0 saturated heterocycles. The van der Waals surface area contributed by atoms with Crippen LogP contribution in [-0.4, -0.2) is 37.5 Å². The maximum absolute atomic E-state index is 12.3. The summed E-state index contributed by atoms with van der Waals surface area (Å²) in [5.74, 6) is -0.147. The molecule has 0 spiro atoms. The summed E-state index contributed by atoms with van der Waals surface area (Å²) in [4.78, 5) is 0. The third-order valence-electron chi connectivity index (χ3n) is 2.91. The molecule has 1 rings (SSSR count). The van der Waals surface area contributed by atoms with Crippen LogP contribution in [0.1, 0.15) is 30.9 Å². The van der Waals surface area contributed by atoms with Gasteiger partial charge in [0.1, 0.15) is 0 Å². The standard InChI is InChI=1S/C14H20N2O3S/c1-2-3-7-16(8-9-17)20(18,19)12-14-6-4-5-13(10-14)11-15/h4-6,10,17H,2-3,7-9,12H2,1H3. The number of sulfonamides is 1. The lowest BCUT2D eigenvalue weighted by molar-refractivity contribution is 0.252. The molecule has 0 aliphatic rings. The van der Waals surface area contributed by atoms with Gasteiger partial charge in [-0.3, -0.25) is 0 Å². The number of unbranched alkanes of at least 4 members (excludes halogenated alkanes) is 1. The lowest BCUT2D eigenvalue weighted by Gasteiger charge is -2.21. The summed E-state index contributed by atoms with van der Waals surface area (Å²) in [6.07, 6.45) is 1.65. The molecule has 0 amide bonds. The zero-order chi connectivity index (χ0) is 15.0. The monoisotopic (exact) mass is 296 g/mol. The molecule has 0 aliphatic heterocycles. The molecule has 1 aromatic carbocycles. The van der Waals surface area contributed by atoms with Crippen molar-refractivity contribution in [2.45, 2.75) is 25.5 Å². The predicted molar refractivity (Wildman–Crippen MR) is 77.3 cm³/mol. The highest BCUT2D eigenvalue weighted by atomic mass is 32.2. The van der Waals surface area contributed by atoms with E-state index in [0.717, 1.165) is 12.8 Å². The minimum Gasteiger partial charge on any atom is -0.395 e. The molecule has 20 heavy (non-hydrogen) atoms. The van der Waals surface area contributed by atoms with Crippen LogP contribution in [0.3, 0.4) is 0 Å². The first-order valence-electron chi connectivity index (χ1n) is 6.61. The van der Waals surface area contributed by atoms with Crippen molar-refractivity contribution in [1.29, 1.82) is 5.26 Å². The van der Waals surface area contributed by atoms with E-state index in [9.17, 15) is 8.42 Å². The molecule has 1 aromatic rings. The number of aliphatic hydroxyl groups is 1. The van der Waals surface area contributed by atoms with Crippen molar-refractivity contribution in [2.24, 2.45) is 0 Å². The zero-order valence-electron chi connectivity index (χ0n) is 11.6. The van der Waals surface area contributed by atoms with Gasteiger partial charge in [-0.15, -0.1) is 0 Å². The van der Waals surface area contributed by atoms with E-state index in [1.54, 1.807) is 24.3 Å². The molecular weight excluding hydrogens is 276 g/mol. The van der Waals surface area contributed by atoms with E-state index in [2.05, 4.69) is 0 Å². The zero-order valence-corrected chi connectivity index (χ0v) is 12.4. The average Bonchev–Trinajstić information content (AvgIpc) is 2.43. The summed E-state index contributed by atoms with van der Waals surface area (Å²) in [6, 6.07) is 8.57. The second-order valence-electron chi connectivity index (χ2n) is 4.54. The second-order valence-corrected chi connectivity index (χ2v) is 6.51. The third kappa shape index (κ3) is 4.93. The number of hydrogen-bond acceptors (Lipinski definition) is 4. The highest BCUT2D eigenvalue weighted by molar-refractivity contribution is 7.88. The largest absolute Gasteiger partial charge is 0.395 e. The van der Waals surface area contributed by atoms with Crippen LogP contribution >= 0.6 is 0 Å². The second kappa shape index (κ2) is 8.00. The molecule has 0 fully saturated rings. The van der Waals surface area contributed by atoms with Crippen LogP contribution in [0.4, 0.5) is 0 Å². The Hall–Kier alpha value is -1.42. The van der Waals surface area contributed by atoms with Gasteiger partial charge in [0.05, 0.1) is 24.0 Å². The van der Waals surface area contributed by atoms with Crippen LogP contribution in [0.15, 0.2) is 24.3 Å². The molecular formula is C14H20N2O3S. The van der Waals surface area contributed by atoms with Crippen molar-refractivity contribution in [3.05, 3.63) is 35.4 Å². The predicted octanol–water partition coefficient (Wildman–Crippen LogP) is 1.48. The SMILES string of the molecule is CCCCN(CCO)S(=O)(=O)Cc1cccc(C#N)c1. The van der Waals surface area contributed by atoms with E-state index >= 15 is 0 Å². The molecule has 0 radical (unpaired) electrons. The third-order valence-corrected chi connectivity index (χ3v) is 4.76. The Bertz CT molecular complexity index is 564. The van der Waals surface area contributed by atoms with Crippen LogP contribution in [0.25, 0.3) is 0 Å². The first-order valence-corrected chi connectivity index (χ1v) is 8.22. The first-order chi connectivity index (χ1) is 9.53. The van der Waals surface area contributed by atoms with E-state index in [1.807, 2.05) is 13.0 Å². The van der Waals surface area contributed by atoms with Gasteiger partial charge in [0.2, 0.25) is 10.0 Å². The summed E-state index contributed by atoms with van der Waals surface area (Å²) in [7, 11) is -3.47. The topological polar surface area (TPSA) is 81.4 Å². The van der Waals surface area contributed by atoms with Crippen LogP contribution in [0, 0.1) is 11.3 Å². The van der Waals surface area contributed by atoms with Crippen LogP contribution in [-0.2, 0) is 15.8 Å². The summed E-state index contributed by atoms with van der Waals surface area (Å²) >= 11 is 0. The van der Waals surface area contributed by atoms with Crippen LogP contribution in [0.2, 0.25) is 0 Å². The fourth-order valence-corrected chi connectivity index (χ4v) is 3.42. The van der Waals surface area contributed by atoms with Gasteiger partial charge in [-0.2, -0.15) is 9.57 Å². The molecule has 1 N–H and O–H groups in total. The van der Waals surface area contributed by atoms with Gasteiger partial charge in [0.15, 0.2) is 0 Å². The molecule has 5 nitrogen and oxygen atoms in total. The highest BCUT2D eigenvalue weighted by Gasteiger charge is 2.21. The number of nitriles is 1. The summed E-state index contributed by atoms with van der Waals surface area (Å²) < 4.78 is 26.0. The summed E-state index contributed by atoms with van der Waals surface area (Å²) in [6.45, 7) is 2.32. The van der Waals surface area contributed by atoms with Gasteiger partial charge in [-0.1, -0.05) is 25.5 Å². The van der Waals surface area contributed by atoms with Gasteiger partial charge in [0, 0.05) is 13.1 Å².